The van der Waals surface area contributed by atoms with Crippen LogP contribution in [0.25, 0.3) is 5.69 Å². The van der Waals surface area contributed by atoms with Crippen LogP contribution in [0.5, 0.6) is 0 Å². The first-order chi connectivity index (χ1) is 11.1. The van der Waals surface area contributed by atoms with Gasteiger partial charge in [-0.2, -0.15) is 5.10 Å². The normalized spacial score (nSPS) is 17.6. The van der Waals surface area contributed by atoms with E-state index >= 15 is 0 Å². The number of rotatable bonds is 6. The van der Waals surface area contributed by atoms with E-state index < -0.39 is 15.8 Å². The Morgan fingerprint density at radius 3 is 2.88 bits per heavy atom. The van der Waals surface area contributed by atoms with Crippen LogP contribution >= 0.6 is 12.4 Å². The highest BCUT2D eigenvalue weighted by Crippen LogP contribution is 2.16. The van der Waals surface area contributed by atoms with Gasteiger partial charge in [0.25, 0.3) is 0 Å². The highest BCUT2D eigenvalue weighted by Gasteiger charge is 2.19. The molecule has 1 fully saturated rings. The van der Waals surface area contributed by atoms with Gasteiger partial charge < -0.3 is 5.32 Å². The van der Waals surface area contributed by atoms with Gasteiger partial charge in [-0.05, 0) is 44.0 Å². The van der Waals surface area contributed by atoms with Crippen molar-refractivity contribution in [3.63, 3.8) is 0 Å². The minimum Gasteiger partial charge on any atom is -0.316 e. The quantitative estimate of drug-likeness (QED) is 0.807. The summed E-state index contributed by atoms with van der Waals surface area (Å²) in [6.45, 7) is 2.32. The Bertz CT molecular complexity index is 775. The van der Waals surface area contributed by atoms with E-state index in [1.807, 2.05) is 0 Å². The van der Waals surface area contributed by atoms with E-state index in [0.29, 0.717) is 12.5 Å². The fourth-order valence-electron chi connectivity index (χ4n) is 2.66. The van der Waals surface area contributed by atoms with Gasteiger partial charge >= 0.3 is 0 Å². The molecule has 1 atom stereocenters. The minimum atomic E-state index is -3.63. The van der Waals surface area contributed by atoms with Gasteiger partial charge in [0.2, 0.25) is 10.0 Å². The first kappa shape index (κ1) is 18.9. The van der Waals surface area contributed by atoms with E-state index in [0.717, 1.165) is 25.9 Å². The van der Waals surface area contributed by atoms with Gasteiger partial charge in [0.1, 0.15) is 16.4 Å². The van der Waals surface area contributed by atoms with E-state index in [1.165, 1.54) is 23.1 Å². The fourth-order valence-corrected chi connectivity index (χ4v) is 3.63. The Kier molecular flexibility index (Phi) is 6.34. The van der Waals surface area contributed by atoms with Crippen LogP contribution in [0, 0.1) is 11.7 Å². The third-order valence-corrected chi connectivity index (χ3v) is 5.39. The number of sulfonamides is 1. The van der Waals surface area contributed by atoms with Crippen molar-refractivity contribution in [1.29, 1.82) is 0 Å². The molecule has 0 spiro atoms. The van der Waals surface area contributed by atoms with Crippen LogP contribution in [-0.4, -0.2) is 37.8 Å². The van der Waals surface area contributed by atoms with E-state index in [-0.39, 0.29) is 23.0 Å². The molecular weight excluding hydrogens is 355 g/mol. The Balaban J connectivity index is 0.00000208. The molecule has 6 nitrogen and oxygen atoms in total. The van der Waals surface area contributed by atoms with Gasteiger partial charge in [-0.1, -0.05) is 12.1 Å². The lowest BCUT2D eigenvalue weighted by Gasteiger charge is -2.09. The van der Waals surface area contributed by atoms with Crippen LogP contribution in [0.15, 0.2) is 41.6 Å². The molecule has 9 heteroatoms. The Labute approximate surface area is 146 Å². The standard InChI is InChI=1S/C15H19FN4O2S.ClH/c16-14-3-1-2-4-15(14)20-11-13(10-18-20)23(21,22)19-8-6-12-5-7-17-9-12;/h1-4,10-12,17,19H,5-9H2;1H. The molecule has 2 aromatic rings. The predicted octanol–water partition coefficient (Wildman–Crippen LogP) is 1.71. The molecule has 0 saturated carbocycles. The topological polar surface area (TPSA) is 76.0 Å². The number of benzene rings is 1. The van der Waals surface area contributed by atoms with Gasteiger partial charge in [-0.25, -0.2) is 22.2 Å². The summed E-state index contributed by atoms with van der Waals surface area (Å²) in [5.41, 5.74) is 0.214. The van der Waals surface area contributed by atoms with Crippen molar-refractivity contribution in [3.8, 4) is 5.69 Å². The van der Waals surface area contributed by atoms with Crippen molar-refractivity contribution in [1.82, 2.24) is 19.8 Å². The van der Waals surface area contributed by atoms with Crippen LogP contribution in [0.4, 0.5) is 4.39 Å². The number of nitrogens with zero attached hydrogens (tertiary/aromatic N) is 2. The Morgan fingerprint density at radius 1 is 1.38 bits per heavy atom. The van der Waals surface area contributed by atoms with Gasteiger partial charge in [-0.15, -0.1) is 12.4 Å². The van der Waals surface area contributed by atoms with Gasteiger partial charge in [-0.3, -0.25) is 0 Å². The smallest absolute Gasteiger partial charge is 0.243 e. The summed E-state index contributed by atoms with van der Waals surface area (Å²) < 4.78 is 42.1. The first-order valence-electron chi connectivity index (χ1n) is 7.56. The van der Waals surface area contributed by atoms with E-state index in [1.54, 1.807) is 18.2 Å². The molecule has 1 saturated heterocycles. The van der Waals surface area contributed by atoms with Crippen molar-refractivity contribution in [3.05, 3.63) is 42.5 Å². The molecule has 1 aliphatic rings. The summed E-state index contributed by atoms with van der Waals surface area (Å²) >= 11 is 0. The maximum absolute atomic E-state index is 13.7. The minimum absolute atomic E-state index is 0. The maximum atomic E-state index is 13.7. The lowest BCUT2D eigenvalue weighted by molar-refractivity contribution is 0.519. The molecule has 0 bridgehead atoms. The van der Waals surface area contributed by atoms with Gasteiger partial charge in [0, 0.05) is 6.54 Å². The molecule has 1 aromatic carbocycles. The van der Waals surface area contributed by atoms with Crippen molar-refractivity contribution >= 4 is 22.4 Å². The summed E-state index contributed by atoms with van der Waals surface area (Å²) in [6.07, 6.45) is 4.42. The predicted molar refractivity (Wildman–Crippen MR) is 91.6 cm³/mol. The monoisotopic (exact) mass is 374 g/mol. The second kappa shape index (κ2) is 8.06. The molecule has 1 aromatic heterocycles. The number of halogens is 2. The summed E-state index contributed by atoms with van der Waals surface area (Å²) in [4.78, 5) is 0.0327. The SMILES string of the molecule is Cl.O=S(=O)(NCCC1CCNC1)c1cnn(-c2ccccc2F)c1. The maximum Gasteiger partial charge on any atom is 0.243 e. The number of para-hydroxylation sites is 1. The molecule has 24 heavy (non-hydrogen) atoms. The zero-order chi connectivity index (χ0) is 16.3. The molecule has 2 heterocycles. The highest BCUT2D eigenvalue weighted by atomic mass is 35.5. The van der Waals surface area contributed by atoms with Crippen LogP contribution in [-0.2, 0) is 10.0 Å². The first-order valence-corrected chi connectivity index (χ1v) is 9.04. The largest absolute Gasteiger partial charge is 0.316 e. The summed E-state index contributed by atoms with van der Waals surface area (Å²) in [6, 6.07) is 6.08. The van der Waals surface area contributed by atoms with Crippen molar-refractivity contribution in [2.45, 2.75) is 17.7 Å². The third-order valence-electron chi connectivity index (χ3n) is 3.98. The van der Waals surface area contributed by atoms with Crippen LogP contribution in [0.2, 0.25) is 0 Å². The summed E-state index contributed by atoms with van der Waals surface area (Å²) in [7, 11) is -3.63. The molecule has 0 radical (unpaired) electrons. The molecule has 1 aliphatic heterocycles. The lowest BCUT2D eigenvalue weighted by atomic mass is 10.1. The fraction of sp³-hybridized carbons (Fsp3) is 0.400. The Hall–Kier alpha value is -1.48. The average Bonchev–Trinajstić information content (AvgIpc) is 3.19. The van der Waals surface area contributed by atoms with Crippen molar-refractivity contribution in [2.24, 2.45) is 5.92 Å². The van der Waals surface area contributed by atoms with Crippen molar-refractivity contribution < 1.29 is 12.8 Å². The van der Waals surface area contributed by atoms with E-state index in [4.69, 9.17) is 0 Å². The van der Waals surface area contributed by atoms with E-state index in [2.05, 4.69) is 15.1 Å². The number of nitrogens with one attached hydrogen (secondary N) is 2. The number of aromatic nitrogens is 2. The third kappa shape index (κ3) is 4.32. The molecule has 0 amide bonds. The van der Waals surface area contributed by atoms with Gasteiger partial charge in [0.05, 0.1) is 12.4 Å². The lowest BCUT2D eigenvalue weighted by Crippen LogP contribution is -2.26. The molecule has 2 N–H and O–H groups in total. The molecule has 3 rings (SSSR count). The van der Waals surface area contributed by atoms with Crippen LogP contribution < -0.4 is 10.0 Å². The second-order valence-electron chi connectivity index (χ2n) is 5.62. The second-order valence-corrected chi connectivity index (χ2v) is 7.38. The molecule has 1 unspecified atom stereocenters. The number of hydrogen-bond donors (Lipinski definition) is 2. The molecule has 0 aliphatic carbocycles. The Morgan fingerprint density at radius 2 is 2.17 bits per heavy atom. The average molecular weight is 375 g/mol. The summed E-state index contributed by atoms with van der Waals surface area (Å²) in [5, 5.41) is 7.20. The molecule has 132 valence electrons. The molecular formula is C15H20ClFN4O2S. The van der Waals surface area contributed by atoms with Crippen molar-refractivity contribution in [2.75, 3.05) is 19.6 Å². The number of hydrogen-bond acceptors (Lipinski definition) is 4. The zero-order valence-corrected chi connectivity index (χ0v) is 14.6. The van der Waals surface area contributed by atoms with Crippen LogP contribution in [0.1, 0.15) is 12.8 Å². The zero-order valence-electron chi connectivity index (χ0n) is 13.0. The summed E-state index contributed by atoms with van der Waals surface area (Å²) in [5.74, 6) is 0.0556. The van der Waals surface area contributed by atoms with Crippen LogP contribution in [0.3, 0.4) is 0 Å². The van der Waals surface area contributed by atoms with Gasteiger partial charge in [0.15, 0.2) is 0 Å². The van der Waals surface area contributed by atoms with E-state index in [9.17, 15) is 12.8 Å². The highest BCUT2D eigenvalue weighted by molar-refractivity contribution is 7.89.